The van der Waals surface area contributed by atoms with Gasteiger partial charge < -0.3 is 10.4 Å². The van der Waals surface area contributed by atoms with Crippen molar-refractivity contribution in [3.63, 3.8) is 0 Å². The second-order valence-electron chi connectivity index (χ2n) is 4.48. The molecule has 0 heterocycles. The van der Waals surface area contributed by atoms with Gasteiger partial charge >= 0.3 is 5.97 Å². The van der Waals surface area contributed by atoms with Gasteiger partial charge in [0.25, 0.3) is 0 Å². The number of carbonyl (C=O) groups excluding carboxylic acids is 1. The first-order chi connectivity index (χ1) is 9.76. The van der Waals surface area contributed by atoms with Crippen molar-refractivity contribution < 1.29 is 23.1 Å². The van der Waals surface area contributed by atoms with E-state index in [1.54, 1.807) is 19.1 Å². The smallest absolute Gasteiger partial charge is 0.303 e. The van der Waals surface area contributed by atoms with Gasteiger partial charge in [-0.3, -0.25) is 9.59 Å². The number of nitrogens with one attached hydrogen (secondary N) is 2. The van der Waals surface area contributed by atoms with Crippen LogP contribution in [0.4, 0.5) is 5.69 Å². The highest BCUT2D eigenvalue weighted by atomic mass is 32.2. The Bertz CT molecular complexity index is 640. The third kappa shape index (κ3) is 5.16. The highest BCUT2D eigenvalue weighted by Gasteiger charge is 2.15. The summed E-state index contributed by atoms with van der Waals surface area (Å²) < 4.78 is 25.9. The number of hydrogen-bond acceptors (Lipinski definition) is 4. The number of anilines is 1. The minimum atomic E-state index is -3.59. The summed E-state index contributed by atoms with van der Waals surface area (Å²) in [7, 11) is -2.28. The Morgan fingerprint density at radius 3 is 2.48 bits per heavy atom. The van der Waals surface area contributed by atoms with Crippen LogP contribution in [-0.2, 0) is 19.6 Å². The highest BCUT2D eigenvalue weighted by Crippen LogP contribution is 2.20. The molecule has 8 heteroatoms. The van der Waals surface area contributed by atoms with Gasteiger partial charge in [-0.05, 0) is 38.1 Å². The first kappa shape index (κ1) is 17.1. The quantitative estimate of drug-likeness (QED) is 0.697. The van der Waals surface area contributed by atoms with Crippen molar-refractivity contribution in [2.24, 2.45) is 0 Å². The zero-order valence-corrected chi connectivity index (χ0v) is 12.7. The molecule has 116 valence electrons. The van der Waals surface area contributed by atoms with Crippen LogP contribution in [0, 0.1) is 6.92 Å². The molecule has 3 N–H and O–H groups in total. The molecule has 1 aromatic carbocycles. The lowest BCUT2D eigenvalue weighted by Crippen LogP contribution is -2.20. The van der Waals surface area contributed by atoms with Crippen LogP contribution >= 0.6 is 0 Å². The molecule has 0 aliphatic rings. The second kappa shape index (κ2) is 7.19. The van der Waals surface area contributed by atoms with Gasteiger partial charge in [0.1, 0.15) is 0 Å². The molecule has 1 aromatic rings. The van der Waals surface area contributed by atoms with Gasteiger partial charge in [-0.25, -0.2) is 13.1 Å². The average Bonchev–Trinajstić information content (AvgIpc) is 2.40. The summed E-state index contributed by atoms with van der Waals surface area (Å²) in [5, 5.41) is 11.0. The number of aryl methyl sites for hydroxylation is 1. The zero-order valence-electron chi connectivity index (χ0n) is 11.8. The number of amides is 1. The van der Waals surface area contributed by atoms with E-state index in [0.29, 0.717) is 11.3 Å². The van der Waals surface area contributed by atoms with E-state index in [-0.39, 0.29) is 30.1 Å². The van der Waals surface area contributed by atoms with Crippen molar-refractivity contribution in [1.82, 2.24) is 4.72 Å². The summed E-state index contributed by atoms with van der Waals surface area (Å²) in [5.41, 5.74) is 0.919. The number of rotatable bonds is 7. The molecule has 0 spiro atoms. The summed E-state index contributed by atoms with van der Waals surface area (Å²) in [5.74, 6) is -1.31. The monoisotopic (exact) mass is 314 g/mol. The molecule has 0 bridgehead atoms. The summed E-state index contributed by atoms with van der Waals surface area (Å²) in [6.45, 7) is 1.66. The van der Waals surface area contributed by atoms with Crippen LogP contribution in [0.2, 0.25) is 0 Å². The van der Waals surface area contributed by atoms with Crippen LogP contribution in [-0.4, -0.2) is 32.4 Å². The van der Waals surface area contributed by atoms with Gasteiger partial charge in [0.05, 0.1) is 4.90 Å². The van der Waals surface area contributed by atoms with E-state index in [9.17, 15) is 18.0 Å². The van der Waals surface area contributed by atoms with Gasteiger partial charge in [0.2, 0.25) is 15.9 Å². The van der Waals surface area contributed by atoms with E-state index in [1.165, 1.54) is 13.1 Å². The molecule has 7 nitrogen and oxygen atoms in total. The normalized spacial score (nSPS) is 11.1. The summed E-state index contributed by atoms with van der Waals surface area (Å²) in [4.78, 5) is 22.1. The Morgan fingerprint density at radius 2 is 1.90 bits per heavy atom. The van der Waals surface area contributed by atoms with Gasteiger partial charge in [0.15, 0.2) is 0 Å². The maximum atomic E-state index is 11.8. The second-order valence-corrected chi connectivity index (χ2v) is 6.34. The minimum absolute atomic E-state index is 0.0638. The molecule has 0 unspecified atom stereocenters. The van der Waals surface area contributed by atoms with Crippen molar-refractivity contribution in [3.05, 3.63) is 23.8 Å². The predicted molar refractivity (Wildman–Crippen MR) is 77.5 cm³/mol. The molecule has 1 amide bonds. The lowest BCUT2D eigenvalue weighted by molar-refractivity contribution is -0.137. The van der Waals surface area contributed by atoms with E-state index in [0.717, 1.165) is 0 Å². The van der Waals surface area contributed by atoms with Crippen LogP contribution in [0.1, 0.15) is 24.8 Å². The van der Waals surface area contributed by atoms with Crippen molar-refractivity contribution in [3.8, 4) is 0 Å². The van der Waals surface area contributed by atoms with Gasteiger partial charge in [-0.1, -0.05) is 6.07 Å². The van der Waals surface area contributed by atoms with Crippen molar-refractivity contribution in [1.29, 1.82) is 0 Å². The molecular formula is C13H18N2O5S. The number of hydrogen-bond donors (Lipinski definition) is 3. The standard InChI is InChI=1S/C13H18N2O5S/c1-9-6-7-10(8-11(9)21(19,20)14-2)15-12(16)4-3-5-13(17)18/h6-8,14H,3-5H2,1-2H3,(H,15,16)(H,17,18). The van der Waals surface area contributed by atoms with Gasteiger partial charge in [0, 0.05) is 18.5 Å². The van der Waals surface area contributed by atoms with Gasteiger partial charge in [-0.2, -0.15) is 0 Å². The first-order valence-corrected chi connectivity index (χ1v) is 7.80. The molecule has 0 radical (unpaired) electrons. The lowest BCUT2D eigenvalue weighted by Gasteiger charge is -2.10. The van der Waals surface area contributed by atoms with E-state index >= 15 is 0 Å². The molecule has 21 heavy (non-hydrogen) atoms. The Kier molecular flexibility index (Phi) is 5.86. The van der Waals surface area contributed by atoms with E-state index in [2.05, 4.69) is 10.0 Å². The van der Waals surface area contributed by atoms with Crippen LogP contribution in [0.25, 0.3) is 0 Å². The predicted octanol–water partition coefficient (Wildman–Crippen LogP) is 1.10. The SMILES string of the molecule is CNS(=O)(=O)c1cc(NC(=O)CCCC(=O)O)ccc1C. The molecule has 0 aliphatic heterocycles. The Labute approximate surface area is 123 Å². The maximum absolute atomic E-state index is 11.8. The largest absolute Gasteiger partial charge is 0.481 e. The summed E-state index contributed by atoms with van der Waals surface area (Å²) in [6, 6.07) is 4.56. The Morgan fingerprint density at radius 1 is 1.24 bits per heavy atom. The van der Waals surface area contributed by atoms with Crippen molar-refractivity contribution in [2.45, 2.75) is 31.1 Å². The van der Waals surface area contributed by atoms with E-state index in [1.807, 2.05) is 0 Å². The number of sulfonamides is 1. The summed E-state index contributed by atoms with van der Waals surface area (Å²) in [6.07, 6.45) is 0.212. The fourth-order valence-electron chi connectivity index (χ4n) is 1.70. The lowest BCUT2D eigenvalue weighted by atomic mass is 10.2. The third-order valence-corrected chi connectivity index (χ3v) is 4.38. The molecule has 0 saturated carbocycles. The molecule has 0 saturated heterocycles. The Hall–Kier alpha value is -1.93. The molecule has 0 aromatic heterocycles. The average molecular weight is 314 g/mol. The minimum Gasteiger partial charge on any atom is -0.481 e. The molecule has 1 rings (SSSR count). The fourth-order valence-corrected chi connectivity index (χ4v) is 2.69. The number of carboxylic acid groups (broad SMARTS) is 1. The summed E-state index contributed by atoms with van der Waals surface area (Å²) >= 11 is 0. The topological polar surface area (TPSA) is 113 Å². The van der Waals surface area contributed by atoms with Crippen LogP contribution in [0.5, 0.6) is 0 Å². The highest BCUT2D eigenvalue weighted by molar-refractivity contribution is 7.89. The molecule has 0 fully saturated rings. The van der Waals surface area contributed by atoms with Crippen LogP contribution in [0.15, 0.2) is 23.1 Å². The fraction of sp³-hybridized carbons (Fsp3) is 0.385. The van der Waals surface area contributed by atoms with E-state index < -0.39 is 16.0 Å². The molecule has 0 aliphatic carbocycles. The van der Waals surface area contributed by atoms with E-state index in [4.69, 9.17) is 5.11 Å². The maximum Gasteiger partial charge on any atom is 0.303 e. The Balaban J connectivity index is 2.79. The number of aliphatic carboxylic acids is 1. The zero-order chi connectivity index (χ0) is 16.0. The number of carbonyl (C=O) groups is 2. The van der Waals surface area contributed by atoms with Gasteiger partial charge in [-0.15, -0.1) is 0 Å². The number of benzene rings is 1. The van der Waals surface area contributed by atoms with Crippen LogP contribution in [0.3, 0.4) is 0 Å². The van der Waals surface area contributed by atoms with Crippen molar-refractivity contribution in [2.75, 3.05) is 12.4 Å². The van der Waals surface area contributed by atoms with Crippen molar-refractivity contribution >= 4 is 27.6 Å². The molecule has 0 atom stereocenters. The third-order valence-electron chi connectivity index (χ3n) is 2.82. The first-order valence-electron chi connectivity index (χ1n) is 6.32. The molecular weight excluding hydrogens is 296 g/mol. The van der Waals surface area contributed by atoms with Crippen LogP contribution < -0.4 is 10.0 Å². The number of carboxylic acids is 1.